The third kappa shape index (κ3) is 3.77. The molecule has 1 saturated heterocycles. The molecule has 0 bridgehead atoms. The zero-order chi connectivity index (χ0) is 18.7. The number of nitrogens with zero attached hydrogens (tertiary/aromatic N) is 1. The summed E-state index contributed by atoms with van der Waals surface area (Å²) in [5, 5.41) is 2.93. The summed E-state index contributed by atoms with van der Waals surface area (Å²) in [5.74, 6) is -1.19. The van der Waals surface area contributed by atoms with Crippen molar-refractivity contribution < 1.29 is 19.1 Å². The van der Waals surface area contributed by atoms with Gasteiger partial charge in [-0.1, -0.05) is 41.3 Å². The summed E-state index contributed by atoms with van der Waals surface area (Å²) in [4.78, 5) is 39.2. The maximum absolute atomic E-state index is 12.8. The van der Waals surface area contributed by atoms with Gasteiger partial charge in [0.05, 0.1) is 13.0 Å². The number of halogens is 1. The van der Waals surface area contributed by atoms with Gasteiger partial charge in [-0.25, -0.2) is 4.79 Å². The second kappa shape index (κ2) is 7.78. The van der Waals surface area contributed by atoms with Crippen LogP contribution in [0.5, 0.6) is 0 Å². The van der Waals surface area contributed by atoms with Crippen LogP contribution in [0.3, 0.4) is 0 Å². The highest BCUT2D eigenvalue weighted by Crippen LogP contribution is 2.32. The van der Waals surface area contributed by atoms with E-state index in [9.17, 15) is 14.4 Å². The van der Waals surface area contributed by atoms with Crippen molar-refractivity contribution in [3.05, 3.63) is 28.7 Å². The van der Waals surface area contributed by atoms with E-state index in [0.717, 1.165) is 29.4 Å². The topological polar surface area (TPSA) is 75.7 Å². The van der Waals surface area contributed by atoms with Crippen LogP contribution in [0.1, 0.15) is 38.5 Å². The highest BCUT2D eigenvalue weighted by molar-refractivity contribution is 9.10. The lowest BCUT2D eigenvalue weighted by Crippen LogP contribution is -2.57. The maximum Gasteiger partial charge on any atom is 0.331 e. The van der Waals surface area contributed by atoms with Gasteiger partial charge >= 0.3 is 5.97 Å². The minimum absolute atomic E-state index is 0.0842. The number of nitrogens with one attached hydrogen (secondary N) is 1. The van der Waals surface area contributed by atoms with E-state index in [1.165, 1.54) is 7.11 Å². The Morgan fingerprint density at radius 2 is 2.00 bits per heavy atom. The number of hydrogen-bond acceptors (Lipinski definition) is 4. The van der Waals surface area contributed by atoms with Crippen LogP contribution in [0.2, 0.25) is 0 Å². The largest absolute Gasteiger partial charge is 0.467 e. The molecule has 1 saturated carbocycles. The molecule has 0 radical (unpaired) electrons. The van der Waals surface area contributed by atoms with E-state index in [2.05, 4.69) is 21.2 Å². The SMILES string of the molecule is COC(=O)C1(NC(=O)C2CC(=O)N(c3cccc(Br)c3)C2)CCCCC1. The van der Waals surface area contributed by atoms with Gasteiger partial charge in [0.2, 0.25) is 11.8 Å². The molecule has 7 heteroatoms. The third-order valence-corrected chi connectivity index (χ3v) is 5.75. The molecular formula is C19H23BrN2O4. The Kier molecular flexibility index (Phi) is 5.65. The van der Waals surface area contributed by atoms with Crippen LogP contribution < -0.4 is 10.2 Å². The number of benzene rings is 1. The molecule has 2 aliphatic rings. The number of anilines is 1. The molecule has 1 aromatic carbocycles. The molecule has 6 nitrogen and oxygen atoms in total. The first-order chi connectivity index (χ1) is 12.4. The van der Waals surface area contributed by atoms with E-state index in [1.54, 1.807) is 4.90 Å². The number of carbonyl (C=O) groups excluding carboxylic acids is 3. The lowest BCUT2D eigenvalue weighted by molar-refractivity contribution is -0.153. The van der Waals surface area contributed by atoms with E-state index in [-0.39, 0.29) is 18.2 Å². The van der Waals surface area contributed by atoms with Crippen molar-refractivity contribution in [3.8, 4) is 0 Å². The van der Waals surface area contributed by atoms with Crippen molar-refractivity contribution in [1.82, 2.24) is 5.32 Å². The van der Waals surface area contributed by atoms with Crippen LogP contribution in [0.15, 0.2) is 28.7 Å². The summed E-state index contributed by atoms with van der Waals surface area (Å²) in [7, 11) is 1.35. The molecular weight excluding hydrogens is 400 g/mol. The Morgan fingerprint density at radius 1 is 1.27 bits per heavy atom. The van der Waals surface area contributed by atoms with Gasteiger partial charge in [0.15, 0.2) is 0 Å². The number of rotatable bonds is 4. The first kappa shape index (κ1) is 18.9. The Labute approximate surface area is 161 Å². The van der Waals surface area contributed by atoms with Crippen molar-refractivity contribution in [2.45, 2.75) is 44.1 Å². The van der Waals surface area contributed by atoms with Crippen molar-refractivity contribution in [2.75, 3.05) is 18.6 Å². The van der Waals surface area contributed by atoms with Crippen molar-refractivity contribution >= 4 is 39.4 Å². The Hall–Kier alpha value is -1.89. The molecule has 1 heterocycles. The quantitative estimate of drug-likeness (QED) is 0.756. The van der Waals surface area contributed by atoms with E-state index in [4.69, 9.17) is 4.74 Å². The fraction of sp³-hybridized carbons (Fsp3) is 0.526. The van der Waals surface area contributed by atoms with Crippen molar-refractivity contribution in [2.24, 2.45) is 5.92 Å². The molecule has 1 atom stereocenters. The smallest absolute Gasteiger partial charge is 0.331 e. The second-order valence-corrected chi connectivity index (χ2v) is 7.92. The molecule has 1 N–H and O–H groups in total. The Balaban J connectivity index is 1.72. The average molecular weight is 423 g/mol. The predicted octanol–water partition coefficient (Wildman–Crippen LogP) is 2.79. The number of esters is 1. The highest BCUT2D eigenvalue weighted by atomic mass is 79.9. The first-order valence-corrected chi connectivity index (χ1v) is 9.71. The van der Waals surface area contributed by atoms with Gasteiger partial charge in [0, 0.05) is 23.1 Å². The van der Waals surface area contributed by atoms with Gasteiger partial charge in [-0.05, 0) is 31.0 Å². The van der Waals surface area contributed by atoms with Crippen LogP contribution >= 0.6 is 15.9 Å². The average Bonchev–Trinajstić information content (AvgIpc) is 3.03. The fourth-order valence-corrected chi connectivity index (χ4v) is 4.23. The van der Waals surface area contributed by atoms with Gasteiger partial charge in [-0.3, -0.25) is 9.59 Å². The molecule has 140 valence electrons. The zero-order valence-corrected chi connectivity index (χ0v) is 16.4. The lowest BCUT2D eigenvalue weighted by atomic mass is 9.81. The molecule has 1 unspecified atom stereocenters. The first-order valence-electron chi connectivity index (χ1n) is 8.91. The van der Waals surface area contributed by atoms with E-state index >= 15 is 0 Å². The Morgan fingerprint density at radius 3 is 2.65 bits per heavy atom. The fourth-order valence-electron chi connectivity index (χ4n) is 3.85. The molecule has 3 rings (SSSR count). The summed E-state index contributed by atoms with van der Waals surface area (Å²) >= 11 is 3.40. The predicted molar refractivity (Wildman–Crippen MR) is 101 cm³/mol. The summed E-state index contributed by atoms with van der Waals surface area (Å²) in [6.45, 7) is 0.318. The van der Waals surface area contributed by atoms with Crippen LogP contribution in [-0.4, -0.2) is 37.0 Å². The summed E-state index contributed by atoms with van der Waals surface area (Å²) in [6.07, 6.45) is 4.12. The van der Waals surface area contributed by atoms with Gasteiger partial charge in [0.1, 0.15) is 5.54 Å². The second-order valence-electron chi connectivity index (χ2n) is 7.01. The lowest BCUT2D eigenvalue weighted by Gasteiger charge is -2.35. The van der Waals surface area contributed by atoms with Gasteiger partial charge < -0.3 is 15.0 Å². The molecule has 1 aliphatic heterocycles. The number of carbonyl (C=O) groups is 3. The number of amides is 2. The van der Waals surface area contributed by atoms with Gasteiger partial charge in [-0.15, -0.1) is 0 Å². The molecule has 2 fully saturated rings. The van der Waals surface area contributed by atoms with E-state index in [1.807, 2.05) is 24.3 Å². The standard InChI is InChI=1S/C19H23BrN2O4/c1-26-18(25)19(8-3-2-4-9-19)21-17(24)13-10-16(23)22(12-13)15-7-5-6-14(20)11-15/h5-7,11,13H,2-4,8-10,12H2,1H3,(H,21,24). The molecule has 0 aromatic heterocycles. The Bertz CT molecular complexity index is 715. The highest BCUT2D eigenvalue weighted by Gasteiger charge is 2.44. The normalized spacial score (nSPS) is 22.2. The number of ether oxygens (including phenoxy) is 1. The summed E-state index contributed by atoms with van der Waals surface area (Å²) < 4.78 is 5.82. The zero-order valence-electron chi connectivity index (χ0n) is 14.8. The molecule has 26 heavy (non-hydrogen) atoms. The molecule has 1 aliphatic carbocycles. The molecule has 1 aromatic rings. The summed E-state index contributed by atoms with van der Waals surface area (Å²) in [6, 6.07) is 7.45. The molecule has 0 spiro atoms. The minimum Gasteiger partial charge on any atom is -0.467 e. The van der Waals surface area contributed by atoms with Gasteiger partial charge in [-0.2, -0.15) is 0 Å². The van der Waals surface area contributed by atoms with E-state index < -0.39 is 17.4 Å². The summed E-state index contributed by atoms with van der Waals surface area (Å²) in [5.41, 5.74) is -0.184. The maximum atomic E-state index is 12.8. The van der Waals surface area contributed by atoms with Crippen LogP contribution in [0.25, 0.3) is 0 Å². The number of hydrogen-bond donors (Lipinski definition) is 1. The van der Waals surface area contributed by atoms with Crippen molar-refractivity contribution in [3.63, 3.8) is 0 Å². The van der Waals surface area contributed by atoms with Crippen LogP contribution in [0, 0.1) is 5.92 Å². The van der Waals surface area contributed by atoms with Crippen LogP contribution in [-0.2, 0) is 19.1 Å². The van der Waals surface area contributed by atoms with Gasteiger partial charge in [0.25, 0.3) is 0 Å². The molecule has 2 amide bonds. The monoisotopic (exact) mass is 422 g/mol. The number of methoxy groups -OCH3 is 1. The van der Waals surface area contributed by atoms with Crippen LogP contribution in [0.4, 0.5) is 5.69 Å². The van der Waals surface area contributed by atoms with Crippen molar-refractivity contribution in [1.29, 1.82) is 0 Å². The minimum atomic E-state index is -0.948. The third-order valence-electron chi connectivity index (χ3n) is 5.26. The van der Waals surface area contributed by atoms with E-state index in [0.29, 0.717) is 19.4 Å².